The van der Waals surface area contributed by atoms with Crippen molar-refractivity contribution >= 4 is 17.8 Å². The number of furan rings is 1. The molecule has 1 spiro atoms. The highest BCUT2D eigenvalue weighted by Gasteiger charge is 2.54. The van der Waals surface area contributed by atoms with Crippen LogP contribution in [0.4, 0.5) is 0 Å². The van der Waals surface area contributed by atoms with Crippen molar-refractivity contribution in [1.29, 1.82) is 0 Å². The van der Waals surface area contributed by atoms with Gasteiger partial charge in [0.1, 0.15) is 29.2 Å². The van der Waals surface area contributed by atoms with Gasteiger partial charge in [-0.25, -0.2) is 4.79 Å². The third-order valence-electron chi connectivity index (χ3n) is 8.04. The molecule has 2 fully saturated rings. The predicted octanol–water partition coefficient (Wildman–Crippen LogP) is 3.97. The molecule has 0 radical (unpaired) electrons. The molecule has 10 nitrogen and oxygen atoms in total. The Bertz CT molecular complexity index is 1350. The summed E-state index contributed by atoms with van der Waals surface area (Å²) in [6, 6.07) is 14.5. The van der Waals surface area contributed by atoms with Crippen LogP contribution in [-0.4, -0.2) is 69.0 Å². The predicted molar refractivity (Wildman–Crippen MR) is 149 cm³/mol. The zero-order valence-electron chi connectivity index (χ0n) is 23.0. The quantitative estimate of drug-likeness (QED) is 0.339. The van der Waals surface area contributed by atoms with Crippen LogP contribution in [0.1, 0.15) is 60.2 Å². The number of amides is 2. The summed E-state index contributed by atoms with van der Waals surface area (Å²) in [5.74, 6) is -0.254. The Kier molecular flexibility index (Phi) is 8.41. The van der Waals surface area contributed by atoms with Crippen LogP contribution < -0.4 is 10.1 Å². The Morgan fingerprint density at radius 2 is 1.73 bits per heavy atom. The van der Waals surface area contributed by atoms with Crippen LogP contribution in [0, 0.1) is 0 Å². The van der Waals surface area contributed by atoms with E-state index in [1.807, 2.05) is 31.2 Å². The van der Waals surface area contributed by atoms with Crippen molar-refractivity contribution in [2.45, 2.75) is 56.8 Å². The smallest absolute Gasteiger partial charge is 0.335 e. The molecule has 2 amide bonds. The number of likely N-dealkylation sites (tertiary alicyclic amines) is 1. The highest BCUT2D eigenvalue weighted by atomic mass is 16.5. The zero-order valence-corrected chi connectivity index (χ0v) is 23.0. The minimum absolute atomic E-state index is 0.200. The molecule has 3 aromatic rings. The number of hydrogen-bond acceptors (Lipinski definition) is 7. The number of rotatable bonds is 10. The molecule has 0 unspecified atom stereocenters. The largest absolute Gasteiger partial charge is 0.478 e. The van der Waals surface area contributed by atoms with Crippen molar-refractivity contribution in [3.63, 3.8) is 0 Å². The second kappa shape index (κ2) is 12.2. The summed E-state index contributed by atoms with van der Waals surface area (Å²) in [5, 5.41) is 22.7. The number of carboxylic acids is 1. The van der Waals surface area contributed by atoms with Crippen LogP contribution in [-0.2, 0) is 16.1 Å². The molecule has 41 heavy (non-hydrogen) atoms. The molecule has 5 rings (SSSR count). The number of benzene rings is 2. The summed E-state index contributed by atoms with van der Waals surface area (Å²) >= 11 is 0. The highest BCUT2D eigenvalue weighted by Crippen LogP contribution is 2.36. The molecular weight excluding hydrogens is 526 g/mol. The molecule has 2 aliphatic heterocycles. The van der Waals surface area contributed by atoms with E-state index in [1.165, 1.54) is 24.7 Å². The number of carboxylic acid groups (broad SMARTS) is 1. The molecular formula is C31H35N3O7. The fourth-order valence-electron chi connectivity index (χ4n) is 5.63. The van der Waals surface area contributed by atoms with Gasteiger partial charge in [-0.3, -0.25) is 14.5 Å². The lowest BCUT2D eigenvalue weighted by Crippen LogP contribution is -2.73. The van der Waals surface area contributed by atoms with Crippen LogP contribution in [0.15, 0.2) is 71.5 Å². The first kappa shape index (κ1) is 28.4. The van der Waals surface area contributed by atoms with E-state index < -0.39 is 23.7 Å². The van der Waals surface area contributed by atoms with E-state index in [2.05, 4.69) is 10.2 Å². The summed E-state index contributed by atoms with van der Waals surface area (Å²) < 4.78 is 10.9. The maximum absolute atomic E-state index is 13.6. The van der Waals surface area contributed by atoms with Crippen LogP contribution in [0.3, 0.4) is 0 Å². The minimum atomic E-state index is -1.18. The van der Waals surface area contributed by atoms with Gasteiger partial charge in [0.15, 0.2) is 0 Å². The minimum Gasteiger partial charge on any atom is -0.478 e. The third-order valence-corrected chi connectivity index (χ3v) is 8.04. The van der Waals surface area contributed by atoms with Crippen molar-refractivity contribution in [1.82, 2.24) is 15.1 Å². The Hall–Kier alpha value is -4.15. The van der Waals surface area contributed by atoms with Crippen molar-refractivity contribution in [2.75, 3.05) is 19.6 Å². The number of hydrogen-bond donors (Lipinski definition) is 3. The third kappa shape index (κ3) is 5.98. The number of piperazine rings is 1. The maximum Gasteiger partial charge on any atom is 0.335 e. The van der Waals surface area contributed by atoms with E-state index in [0.717, 1.165) is 18.4 Å². The number of aromatic carboxylic acids is 1. The molecule has 2 aliphatic rings. The second-order valence-electron chi connectivity index (χ2n) is 10.7. The van der Waals surface area contributed by atoms with Crippen molar-refractivity contribution in [2.24, 2.45) is 0 Å². The molecule has 0 bridgehead atoms. The summed E-state index contributed by atoms with van der Waals surface area (Å²) in [7, 11) is 0. The molecule has 2 aromatic carbocycles. The van der Waals surface area contributed by atoms with Gasteiger partial charge < -0.3 is 29.6 Å². The molecule has 0 aliphatic carbocycles. The van der Waals surface area contributed by atoms with Crippen LogP contribution in [0.2, 0.25) is 0 Å². The number of aliphatic hydroxyl groups is 1. The van der Waals surface area contributed by atoms with Gasteiger partial charge in [-0.2, -0.15) is 0 Å². The van der Waals surface area contributed by atoms with Crippen molar-refractivity contribution in [3.05, 3.63) is 83.8 Å². The number of ether oxygens (including phenoxy) is 1. The number of piperidine rings is 1. The fraction of sp³-hybridized carbons (Fsp3) is 0.387. The summed E-state index contributed by atoms with van der Waals surface area (Å²) in [6.45, 7) is 4.50. The van der Waals surface area contributed by atoms with E-state index in [9.17, 15) is 19.5 Å². The van der Waals surface area contributed by atoms with Crippen LogP contribution in [0.25, 0.3) is 0 Å². The van der Waals surface area contributed by atoms with Gasteiger partial charge in [-0.1, -0.05) is 25.5 Å². The van der Waals surface area contributed by atoms with E-state index in [4.69, 9.17) is 14.3 Å². The molecule has 10 heteroatoms. The van der Waals surface area contributed by atoms with E-state index >= 15 is 0 Å². The number of carbonyl (C=O) groups excluding carboxylic acids is 2. The molecule has 2 atom stereocenters. The fourth-order valence-corrected chi connectivity index (χ4v) is 5.63. The number of carbonyl (C=O) groups is 3. The van der Waals surface area contributed by atoms with E-state index in [1.54, 1.807) is 23.1 Å². The van der Waals surface area contributed by atoms with E-state index in [-0.39, 0.29) is 17.4 Å². The summed E-state index contributed by atoms with van der Waals surface area (Å²) in [5.41, 5.74) is 0.817. The van der Waals surface area contributed by atoms with Crippen molar-refractivity contribution < 1.29 is 33.8 Å². The molecule has 3 N–H and O–H groups in total. The lowest BCUT2D eigenvalue weighted by molar-refractivity contribution is -0.164. The highest BCUT2D eigenvalue weighted by molar-refractivity contribution is 6.00. The first-order valence-electron chi connectivity index (χ1n) is 14.0. The lowest BCUT2D eigenvalue weighted by atomic mass is 9.80. The number of nitrogens with zero attached hydrogens (tertiary/aromatic N) is 2. The van der Waals surface area contributed by atoms with Crippen molar-refractivity contribution in [3.8, 4) is 11.5 Å². The van der Waals surface area contributed by atoms with Gasteiger partial charge in [-0.05, 0) is 67.3 Å². The Labute approximate surface area is 238 Å². The SMILES string of the molecule is CCCCN1C(=O)[C@@H]([C@H](O)c2ccoc2)NC(=O)C12CCN(Cc1ccc(Oc3ccc(C(=O)O)cc3)cc1)CC2. The van der Waals surface area contributed by atoms with Gasteiger partial charge >= 0.3 is 5.97 Å². The molecule has 0 saturated carbocycles. The monoisotopic (exact) mass is 561 g/mol. The Morgan fingerprint density at radius 1 is 1.07 bits per heavy atom. The normalized spacial score (nSPS) is 19.7. The van der Waals surface area contributed by atoms with Gasteiger partial charge in [0.2, 0.25) is 11.8 Å². The molecule has 3 heterocycles. The zero-order chi connectivity index (χ0) is 29.0. The standard InChI is InChI=1S/C31H35N3O7/c1-2-3-15-34-28(36)26(27(35)23-12-18-40-20-23)32-30(39)31(34)13-16-33(17-14-31)19-21-4-8-24(9-5-21)41-25-10-6-22(7-11-25)29(37)38/h4-12,18,20,26-27,35H,2-3,13-17,19H2,1H3,(H,32,39)(H,37,38)/t26-,27-/m1/s1. The molecule has 216 valence electrons. The maximum atomic E-state index is 13.6. The van der Waals surface area contributed by atoms with E-state index in [0.29, 0.717) is 56.1 Å². The number of nitrogens with one attached hydrogen (secondary N) is 1. The first-order valence-corrected chi connectivity index (χ1v) is 14.0. The molecule has 2 saturated heterocycles. The van der Waals surface area contributed by atoms with Gasteiger partial charge in [0, 0.05) is 31.7 Å². The molecule has 1 aromatic heterocycles. The Morgan fingerprint density at radius 3 is 2.32 bits per heavy atom. The average Bonchev–Trinajstić information content (AvgIpc) is 3.52. The topological polar surface area (TPSA) is 133 Å². The van der Waals surface area contributed by atoms with Gasteiger partial charge in [0.25, 0.3) is 0 Å². The second-order valence-corrected chi connectivity index (χ2v) is 10.7. The first-order chi connectivity index (χ1) is 19.8. The van der Waals surface area contributed by atoms with Crippen LogP contribution >= 0.6 is 0 Å². The van der Waals surface area contributed by atoms with Gasteiger partial charge in [0.05, 0.1) is 18.1 Å². The van der Waals surface area contributed by atoms with Crippen LogP contribution in [0.5, 0.6) is 11.5 Å². The average molecular weight is 562 g/mol. The Balaban J connectivity index is 1.21. The lowest BCUT2D eigenvalue weighted by Gasteiger charge is -2.52. The summed E-state index contributed by atoms with van der Waals surface area (Å²) in [4.78, 5) is 42.2. The number of unbranched alkanes of at least 4 members (excludes halogenated alkanes) is 1. The number of aliphatic hydroxyl groups excluding tert-OH is 1. The summed E-state index contributed by atoms with van der Waals surface area (Å²) in [6.07, 6.45) is 4.32. The van der Waals surface area contributed by atoms with Gasteiger partial charge in [-0.15, -0.1) is 0 Å².